The number of anilines is 2. The number of nitrogens with zero attached hydrogens (tertiary/aromatic N) is 1. The van der Waals surface area contributed by atoms with Crippen molar-refractivity contribution in [1.29, 1.82) is 0 Å². The maximum atomic E-state index is 12.5. The molecule has 6 heteroatoms. The summed E-state index contributed by atoms with van der Waals surface area (Å²) in [6.45, 7) is 4.15. The third kappa shape index (κ3) is 4.51. The molecule has 1 heterocycles. The Morgan fingerprint density at radius 2 is 1.72 bits per heavy atom. The lowest BCUT2D eigenvalue weighted by Crippen LogP contribution is -2.16. The second kappa shape index (κ2) is 7.44. The molecule has 1 aliphatic carbocycles. The minimum atomic E-state index is -3.62. The van der Waals surface area contributed by atoms with Gasteiger partial charge in [-0.3, -0.25) is 4.72 Å². The van der Waals surface area contributed by atoms with E-state index in [2.05, 4.69) is 28.9 Å². The van der Waals surface area contributed by atoms with Gasteiger partial charge in [-0.25, -0.2) is 13.4 Å². The second-order valence-corrected chi connectivity index (χ2v) is 8.57. The Kier molecular flexibility index (Phi) is 5.27. The summed E-state index contributed by atoms with van der Waals surface area (Å²) in [5, 5.41) is 3.44. The van der Waals surface area contributed by atoms with Gasteiger partial charge >= 0.3 is 0 Å². The smallest absolute Gasteiger partial charge is 0.263 e. The number of rotatable bonds is 6. The molecule has 1 aromatic heterocycles. The lowest BCUT2D eigenvalue weighted by atomic mass is 10.0. The first-order valence-corrected chi connectivity index (χ1v) is 10.3. The summed E-state index contributed by atoms with van der Waals surface area (Å²) in [5.74, 6) is 0.691. The molecule has 0 aliphatic heterocycles. The lowest BCUT2D eigenvalue weighted by molar-refractivity contribution is 0.601. The van der Waals surface area contributed by atoms with Gasteiger partial charge in [-0.05, 0) is 48.6 Å². The molecular weight excluding hydrogens is 334 g/mol. The largest absolute Gasteiger partial charge is 0.381 e. The van der Waals surface area contributed by atoms with E-state index in [1.807, 2.05) is 18.2 Å². The van der Waals surface area contributed by atoms with Crippen molar-refractivity contribution in [3.63, 3.8) is 0 Å². The Morgan fingerprint density at radius 3 is 2.28 bits per heavy atom. The third-order valence-corrected chi connectivity index (χ3v) is 5.96. The Balaban J connectivity index is 1.67. The van der Waals surface area contributed by atoms with Crippen LogP contribution in [0.4, 0.5) is 11.5 Å². The molecule has 2 N–H and O–H groups in total. The normalized spacial score (nSPS) is 15.5. The van der Waals surface area contributed by atoms with Crippen molar-refractivity contribution in [3.8, 4) is 0 Å². The van der Waals surface area contributed by atoms with Crippen LogP contribution in [0.2, 0.25) is 0 Å². The van der Waals surface area contributed by atoms with Crippen molar-refractivity contribution in [1.82, 2.24) is 4.98 Å². The molecule has 0 unspecified atom stereocenters. The van der Waals surface area contributed by atoms with Crippen molar-refractivity contribution in [3.05, 3.63) is 48.2 Å². The second-order valence-electron chi connectivity index (χ2n) is 6.89. The van der Waals surface area contributed by atoms with E-state index in [-0.39, 0.29) is 4.90 Å². The fourth-order valence-electron chi connectivity index (χ4n) is 3.07. The minimum Gasteiger partial charge on any atom is -0.381 e. The summed E-state index contributed by atoms with van der Waals surface area (Å²) in [6, 6.07) is 11.0. The number of pyridine rings is 1. The first-order chi connectivity index (χ1) is 11.9. The molecule has 1 aliphatic rings. The van der Waals surface area contributed by atoms with E-state index in [1.54, 1.807) is 24.4 Å². The molecule has 0 radical (unpaired) electrons. The SMILES string of the molecule is CC(C)c1ccc(S(=O)(=O)Nc2ccc(NC3CCCC3)cn2)cc1. The van der Waals surface area contributed by atoms with Crippen molar-refractivity contribution in [2.45, 2.75) is 56.4 Å². The van der Waals surface area contributed by atoms with Crippen LogP contribution in [0.1, 0.15) is 51.0 Å². The molecule has 25 heavy (non-hydrogen) atoms. The quantitative estimate of drug-likeness (QED) is 0.804. The van der Waals surface area contributed by atoms with Gasteiger partial charge in [0.05, 0.1) is 16.8 Å². The standard InChI is InChI=1S/C19H25N3O2S/c1-14(2)15-7-10-18(11-8-15)25(23,24)22-19-12-9-17(13-20-19)21-16-5-3-4-6-16/h7-14,16,21H,3-6H2,1-2H3,(H,20,22). The van der Waals surface area contributed by atoms with Crippen LogP contribution in [-0.2, 0) is 10.0 Å². The summed E-state index contributed by atoms with van der Waals surface area (Å²) in [6.07, 6.45) is 6.57. The zero-order valence-electron chi connectivity index (χ0n) is 14.7. The Hall–Kier alpha value is -2.08. The van der Waals surface area contributed by atoms with Crippen LogP contribution in [0, 0.1) is 0 Å². The fourth-order valence-corrected chi connectivity index (χ4v) is 4.08. The highest BCUT2D eigenvalue weighted by atomic mass is 32.2. The topological polar surface area (TPSA) is 71.1 Å². The van der Waals surface area contributed by atoms with E-state index < -0.39 is 10.0 Å². The summed E-state index contributed by atoms with van der Waals surface area (Å²) in [7, 11) is -3.62. The lowest BCUT2D eigenvalue weighted by Gasteiger charge is -2.14. The highest BCUT2D eigenvalue weighted by Gasteiger charge is 2.16. The molecule has 0 spiro atoms. The maximum absolute atomic E-state index is 12.5. The van der Waals surface area contributed by atoms with Gasteiger partial charge in [-0.2, -0.15) is 0 Å². The molecule has 3 rings (SSSR count). The Bertz CT molecular complexity index is 794. The van der Waals surface area contributed by atoms with Gasteiger partial charge in [-0.15, -0.1) is 0 Å². The number of hydrogen-bond acceptors (Lipinski definition) is 4. The average molecular weight is 359 g/mol. The van der Waals surface area contributed by atoms with Crippen LogP contribution in [0.15, 0.2) is 47.5 Å². The molecular formula is C19H25N3O2S. The van der Waals surface area contributed by atoms with Crippen LogP contribution in [-0.4, -0.2) is 19.4 Å². The number of benzene rings is 1. The minimum absolute atomic E-state index is 0.242. The van der Waals surface area contributed by atoms with Crippen molar-refractivity contribution >= 4 is 21.5 Å². The number of aromatic nitrogens is 1. The van der Waals surface area contributed by atoms with Crippen molar-refractivity contribution in [2.75, 3.05) is 10.0 Å². The predicted molar refractivity (Wildman–Crippen MR) is 101 cm³/mol. The number of sulfonamides is 1. The van der Waals surface area contributed by atoms with Gasteiger partial charge in [0.1, 0.15) is 5.82 Å². The highest BCUT2D eigenvalue weighted by molar-refractivity contribution is 7.92. The first-order valence-electron chi connectivity index (χ1n) is 8.79. The van der Waals surface area contributed by atoms with Crippen LogP contribution in [0.5, 0.6) is 0 Å². The van der Waals surface area contributed by atoms with Crippen LogP contribution in [0.25, 0.3) is 0 Å². The van der Waals surface area contributed by atoms with Crippen LogP contribution in [0.3, 0.4) is 0 Å². The van der Waals surface area contributed by atoms with E-state index in [0.717, 1.165) is 11.3 Å². The van der Waals surface area contributed by atoms with Crippen LogP contribution < -0.4 is 10.0 Å². The molecule has 1 aromatic carbocycles. The molecule has 0 amide bonds. The first kappa shape index (κ1) is 17.7. The monoisotopic (exact) mass is 359 g/mol. The molecule has 1 fully saturated rings. The van der Waals surface area contributed by atoms with Crippen molar-refractivity contribution < 1.29 is 8.42 Å². The zero-order valence-corrected chi connectivity index (χ0v) is 15.5. The average Bonchev–Trinajstić information content (AvgIpc) is 3.09. The summed E-state index contributed by atoms with van der Waals surface area (Å²) >= 11 is 0. The molecule has 0 bridgehead atoms. The van der Waals surface area contributed by atoms with Crippen LogP contribution >= 0.6 is 0 Å². The van der Waals surface area contributed by atoms with Gasteiger partial charge in [0, 0.05) is 6.04 Å². The molecule has 1 saturated carbocycles. The van der Waals surface area contributed by atoms with E-state index in [0.29, 0.717) is 17.8 Å². The molecule has 5 nitrogen and oxygen atoms in total. The van der Waals surface area contributed by atoms with E-state index >= 15 is 0 Å². The third-order valence-electron chi connectivity index (χ3n) is 4.59. The maximum Gasteiger partial charge on any atom is 0.263 e. The number of hydrogen-bond donors (Lipinski definition) is 2. The Morgan fingerprint density at radius 1 is 1.04 bits per heavy atom. The Labute approximate surface area is 149 Å². The number of nitrogens with one attached hydrogen (secondary N) is 2. The highest BCUT2D eigenvalue weighted by Crippen LogP contribution is 2.23. The zero-order chi connectivity index (χ0) is 17.9. The summed E-state index contributed by atoms with van der Waals surface area (Å²) in [4.78, 5) is 4.47. The summed E-state index contributed by atoms with van der Waals surface area (Å²) < 4.78 is 27.5. The molecule has 0 saturated heterocycles. The van der Waals surface area contributed by atoms with Gasteiger partial charge in [0.2, 0.25) is 0 Å². The summed E-state index contributed by atoms with van der Waals surface area (Å²) in [5.41, 5.74) is 2.04. The van der Waals surface area contributed by atoms with Gasteiger partial charge < -0.3 is 5.32 Å². The molecule has 134 valence electrons. The fraction of sp³-hybridized carbons (Fsp3) is 0.421. The van der Waals surface area contributed by atoms with E-state index in [9.17, 15) is 8.42 Å². The van der Waals surface area contributed by atoms with E-state index in [1.165, 1.54) is 25.7 Å². The van der Waals surface area contributed by atoms with Gasteiger partial charge in [0.25, 0.3) is 10.0 Å². The van der Waals surface area contributed by atoms with Gasteiger partial charge in [-0.1, -0.05) is 38.8 Å². The molecule has 2 aromatic rings. The molecule has 0 atom stereocenters. The van der Waals surface area contributed by atoms with Crippen molar-refractivity contribution in [2.24, 2.45) is 0 Å². The van der Waals surface area contributed by atoms with Gasteiger partial charge in [0.15, 0.2) is 0 Å². The van der Waals surface area contributed by atoms with E-state index in [4.69, 9.17) is 0 Å². The predicted octanol–water partition coefficient (Wildman–Crippen LogP) is 4.36.